The first-order valence-electron chi connectivity index (χ1n) is 19.1. The Hall–Kier alpha value is -2.92. The molecule has 0 aliphatic heterocycles. The van der Waals surface area contributed by atoms with Gasteiger partial charge in [-0.3, -0.25) is 9.59 Å². The summed E-state index contributed by atoms with van der Waals surface area (Å²) in [4.78, 5) is 24.2. The summed E-state index contributed by atoms with van der Waals surface area (Å²) in [6.07, 6.45) is 52.1. The van der Waals surface area contributed by atoms with E-state index in [1.54, 1.807) is 0 Å². The number of ether oxygens (including phenoxy) is 2. The monoisotopic (exact) mass is 667 g/mol. The van der Waals surface area contributed by atoms with Crippen molar-refractivity contribution in [2.24, 2.45) is 0 Å². The fourth-order valence-electron chi connectivity index (χ4n) is 4.73. The average molecular weight is 667 g/mol. The second-order valence-corrected chi connectivity index (χ2v) is 12.3. The van der Waals surface area contributed by atoms with Crippen LogP contribution in [0.4, 0.5) is 0 Å². The number of aliphatic hydroxyl groups is 1. The third-order valence-electron chi connectivity index (χ3n) is 7.66. The predicted molar refractivity (Wildman–Crippen MR) is 205 cm³/mol. The molecule has 1 atom stereocenters. The van der Waals surface area contributed by atoms with Crippen LogP contribution >= 0.6 is 0 Å². The van der Waals surface area contributed by atoms with E-state index in [2.05, 4.69) is 98.9 Å². The zero-order valence-electron chi connectivity index (χ0n) is 30.7. The summed E-state index contributed by atoms with van der Waals surface area (Å²) in [5, 5.41) is 9.54. The lowest BCUT2D eigenvalue weighted by atomic mass is 10.1. The van der Waals surface area contributed by atoms with Crippen molar-refractivity contribution in [2.75, 3.05) is 13.2 Å². The first-order chi connectivity index (χ1) is 23.6. The Morgan fingerprint density at radius 1 is 0.479 bits per heavy atom. The zero-order valence-corrected chi connectivity index (χ0v) is 30.7. The van der Waals surface area contributed by atoms with Gasteiger partial charge in [-0.05, 0) is 89.9 Å². The molecule has 0 bridgehead atoms. The highest BCUT2D eigenvalue weighted by atomic mass is 16.6. The third kappa shape index (κ3) is 35.9. The topological polar surface area (TPSA) is 72.8 Å². The molecule has 0 aliphatic carbocycles. The van der Waals surface area contributed by atoms with E-state index in [-0.39, 0.29) is 25.2 Å². The number of esters is 2. The van der Waals surface area contributed by atoms with Crippen molar-refractivity contribution in [1.29, 1.82) is 0 Å². The molecule has 5 nitrogen and oxygen atoms in total. The molecule has 0 heterocycles. The molecule has 1 unspecified atom stereocenters. The van der Waals surface area contributed by atoms with Gasteiger partial charge in [0.25, 0.3) is 0 Å². The fraction of sp³-hybridized carbons (Fsp3) is 0.628. The minimum absolute atomic E-state index is 0.108. The Morgan fingerprint density at radius 2 is 0.854 bits per heavy atom. The molecule has 0 amide bonds. The SMILES string of the molecule is CCCCCC=CCC=CCC=CCC=CCCCC(=O)OCC(CO)OC(=O)CCCCCCC=CCC=CCC=CCCCCC. The second kappa shape index (κ2) is 38.5. The van der Waals surface area contributed by atoms with Crippen LogP contribution in [0.5, 0.6) is 0 Å². The fourth-order valence-corrected chi connectivity index (χ4v) is 4.73. The van der Waals surface area contributed by atoms with Crippen molar-refractivity contribution in [3.05, 3.63) is 85.1 Å². The molecule has 272 valence electrons. The molecule has 0 saturated carbocycles. The van der Waals surface area contributed by atoms with Gasteiger partial charge >= 0.3 is 11.9 Å². The number of hydrogen-bond donors (Lipinski definition) is 1. The summed E-state index contributed by atoms with van der Waals surface area (Å²) in [7, 11) is 0. The lowest BCUT2D eigenvalue weighted by Gasteiger charge is -2.15. The Morgan fingerprint density at radius 3 is 1.29 bits per heavy atom. The van der Waals surface area contributed by atoms with Gasteiger partial charge in [0.2, 0.25) is 0 Å². The van der Waals surface area contributed by atoms with Crippen molar-refractivity contribution >= 4 is 11.9 Å². The molecule has 5 heteroatoms. The van der Waals surface area contributed by atoms with Gasteiger partial charge in [0.1, 0.15) is 6.61 Å². The largest absolute Gasteiger partial charge is 0.462 e. The smallest absolute Gasteiger partial charge is 0.306 e. The summed E-state index contributed by atoms with van der Waals surface area (Å²) in [6.45, 7) is 3.99. The highest BCUT2D eigenvalue weighted by Gasteiger charge is 2.15. The van der Waals surface area contributed by atoms with Gasteiger partial charge in [0, 0.05) is 12.8 Å². The molecule has 0 aromatic carbocycles. The Labute approximate surface area is 295 Å². The van der Waals surface area contributed by atoms with Gasteiger partial charge in [0.05, 0.1) is 6.61 Å². The number of carbonyl (C=O) groups excluding carboxylic acids is 2. The quantitative estimate of drug-likeness (QED) is 0.0429. The maximum atomic E-state index is 12.1. The molecular formula is C43H70O5. The minimum Gasteiger partial charge on any atom is -0.462 e. The van der Waals surface area contributed by atoms with Gasteiger partial charge in [-0.25, -0.2) is 0 Å². The second-order valence-electron chi connectivity index (χ2n) is 12.3. The minimum atomic E-state index is -0.809. The van der Waals surface area contributed by atoms with Crippen molar-refractivity contribution in [3.8, 4) is 0 Å². The number of carbonyl (C=O) groups is 2. The van der Waals surface area contributed by atoms with Crippen LogP contribution in [0, 0.1) is 0 Å². The lowest BCUT2D eigenvalue weighted by molar-refractivity contribution is -0.161. The zero-order chi connectivity index (χ0) is 35.0. The summed E-state index contributed by atoms with van der Waals surface area (Å²) in [6, 6.07) is 0. The van der Waals surface area contributed by atoms with Crippen LogP contribution in [-0.4, -0.2) is 36.4 Å². The van der Waals surface area contributed by atoms with E-state index in [1.165, 1.54) is 51.4 Å². The number of unbranched alkanes of at least 4 members (excludes halogenated alkanes) is 11. The van der Waals surface area contributed by atoms with Crippen molar-refractivity contribution in [3.63, 3.8) is 0 Å². The van der Waals surface area contributed by atoms with Gasteiger partial charge in [0.15, 0.2) is 6.10 Å². The first kappa shape index (κ1) is 45.1. The van der Waals surface area contributed by atoms with Crippen LogP contribution in [0.25, 0.3) is 0 Å². The van der Waals surface area contributed by atoms with Crippen LogP contribution in [0.3, 0.4) is 0 Å². The predicted octanol–water partition coefficient (Wildman–Crippen LogP) is 11.9. The molecule has 0 rings (SSSR count). The lowest BCUT2D eigenvalue weighted by Crippen LogP contribution is -2.28. The number of hydrogen-bond acceptors (Lipinski definition) is 5. The Kier molecular flexibility index (Phi) is 36.2. The van der Waals surface area contributed by atoms with Gasteiger partial charge in [-0.2, -0.15) is 0 Å². The normalized spacial score (nSPS) is 13.1. The molecule has 0 aromatic rings. The van der Waals surface area contributed by atoms with Crippen LogP contribution in [0.1, 0.15) is 155 Å². The van der Waals surface area contributed by atoms with Crippen molar-refractivity contribution < 1.29 is 24.2 Å². The molecule has 0 spiro atoms. The highest BCUT2D eigenvalue weighted by Crippen LogP contribution is 2.09. The van der Waals surface area contributed by atoms with Crippen LogP contribution in [0.2, 0.25) is 0 Å². The van der Waals surface area contributed by atoms with E-state index >= 15 is 0 Å². The average Bonchev–Trinajstić information content (AvgIpc) is 3.09. The van der Waals surface area contributed by atoms with E-state index in [4.69, 9.17) is 9.47 Å². The van der Waals surface area contributed by atoms with Gasteiger partial charge in [-0.1, -0.05) is 137 Å². The Balaban J connectivity index is 3.74. The molecule has 0 aliphatic rings. The van der Waals surface area contributed by atoms with Crippen LogP contribution in [-0.2, 0) is 19.1 Å². The van der Waals surface area contributed by atoms with Crippen LogP contribution in [0.15, 0.2) is 85.1 Å². The Bertz CT molecular complexity index is 937. The summed E-state index contributed by atoms with van der Waals surface area (Å²) in [5.41, 5.74) is 0. The molecule has 0 fully saturated rings. The van der Waals surface area contributed by atoms with Crippen LogP contribution < -0.4 is 0 Å². The van der Waals surface area contributed by atoms with E-state index in [0.717, 1.165) is 70.6 Å². The standard InChI is InChI=1S/C43H70O5/c1-3-5-7-9-11-13-15-17-19-21-23-25-27-29-31-33-35-37-42(45)47-40-41(39-44)48-43(46)38-36-34-32-30-28-26-24-22-20-18-16-14-12-10-8-6-4-2/h11-14,17-20,23-26,29,31,41,44H,3-10,15-16,21-22,27-28,30,32-40H2,1-2H3. The van der Waals surface area contributed by atoms with E-state index < -0.39 is 6.10 Å². The first-order valence-corrected chi connectivity index (χ1v) is 19.1. The number of rotatable bonds is 33. The summed E-state index contributed by atoms with van der Waals surface area (Å²) in [5.74, 6) is -0.691. The molecule has 0 radical (unpaired) electrons. The molecular weight excluding hydrogens is 596 g/mol. The third-order valence-corrected chi connectivity index (χ3v) is 7.66. The molecule has 48 heavy (non-hydrogen) atoms. The van der Waals surface area contributed by atoms with Gasteiger partial charge in [-0.15, -0.1) is 0 Å². The molecule has 1 N–H and O–H groups in total. The van der Waals surface area contributed by atoms with E-state index in [1.807, 2.05) is 0 Å². The number of aliphatic hydroxyl groups excluding tert-OH is 1. The van der Waals surface area contributed by atoms with Gasteiger partial charge < -0.3 is 14.6 Å². The molecule has 0 aromatic heterocycles. The maximum absolute atomic E-state index is 12.1. The summed E-state index contributed by atoms with van der Waals surface area (Å²) < 4.78 is 10.5. The highest BCUT2D eigenvalue weighted by molar-refractivity contribution is 5.70. The van der Waals surface area contributed by atoms with E-state index in [0.29, 0.717) is 19.3 Å². The maximum Gasteiger partial charge on any atom is 0.306 e. The van der Waals surface area contributed by atoms with Crippen molar-refractivity contribution in [2.45, 2.75) is 161 Å². The van der Waals surface area contributed by atoms with E-state index in [9.17, 15) is 14.7 Å². The summed E-state index contributed by atoms with van der Waals surface area (Å²) >= 11 is 0. The van der Waals surface area contributed by atoms with Crippen molar-refractivity contribution in [1.82, 2.24) is 0 Å². The molecule has 0 saturated heterocycles. The number of allylic oxidation sites excluding steroid dienone is 14.